The second kappa shape index (κ2) is 21.1. The third-order valence-electron chi connectivity index (χ3n) is 11.5. The molecule has 0 spiro atoms. The van der Waals surface area contributed by atoms with Gasteiger partial charge in [-0.15, -0.1) is 11.6 Å². The summed E-state index contributed by atoms with van der Waals surface area (Å²) in [5, 5.41) is 0. The number of fused-ring (bicyclic) bond motifs is 2. The van der Waals surface area contributed by atoms with Gasteiger partial charge in [-0.1, -0.05) is 12.1 Å². The van der Waals surface area contributed by atoms with E-state index in [2.05, 4.69) is 0 Å². The molecule has 4 aromatic rings. The van der Waals surface area contributed by atoms with Gasteiger partial charge in [0, 0.05) is 57.0 Å². The van der Waals surface area contributed by atoms with Crippen LogP contribution in [0.2, 0.25) is 0 Å². The van der Waals surface area contributed by atoms with Crippen LogP contribution in [0.15, 0.2) is 67.3 Å². The third-order valence-corrected chi connectivity index (χ3v) is 14.4. The van der Waals surface area contributed by atoms with Crippen LogP contribution in [0.5, 0.6) is 11.5 Å². The van der Waals surface area contributed by atoms with Gasteiger partial charge in [-0.2, -0.15) is 0 Å². The van der Waals surface area contributed by atoms with Gasteiger partial charge in [0.2, 0.25) is 42.4 Å². The van der Waals surface area contributed by atoms with Crippen LogP contribution >= 0.6 is 11.6 Å². The zero-order valence-electron chi connectivity index (χ0n) is 34.9. The first-order chi connectivity index (χ1) is 29.9. The predicted octanol–water partition coefficient (Wildman–Crippen LogP) is 6.37. The molecule has 8 rings (SSSR count). The molecule has 4 aliphatic rings. The van der Waals surface area contributed by atoms with E-state index in [4.69, 9.17) is 29.9 Å². The fraction of sp³-hybridized carbons (Fsp3) is 0.488. The van der Waals surface area contributed by atoms with Gasteiger partial charge >= 0.3 is 0 Å². The SMILES string of the molecule is CS(=O)(=O)N1CCC(COc2coc(CCl)cc2=O)CC1.CS(=O)(=O)N1CCC(COc2coc(CN3Cc4ccc(F)c(F)c4C3)cc2=O)CC1.Fc1ccc2c(c1F)CCC2. The van der Waals surface area contributed by atoms with Crippen LogP contribution in [0, 0.1) is 35.1 Å². The number of alkyl halides is 1. The molecule has 2 saturated heterocycles. The quantitative estimate of drug-likeness (QED) is 0.122. The van der Waals surface area contributed by atoms with E-state index >= 15 is 0 Å². The number of piperidine rings is 2. The van der Waals surface area contributed by atoms with Crippen LogP contribution in [-0.2, 0) is 58.4 Å². The molecule has 3 aliphatic heterocycles. The largest absolute Gasteiger partial charge is 0.486 e. The molecule has 20 heteroatoms. The second-order valence-corrected chi connectivity index (χ2v) is 20.3. The number of sulfonamides is 2. The lowest BCUT2D eigenvalue weighted by atomic mass is 9.99. The first kappa shape index (κ1) is 48.2. The molecule has 2 aromatic carbocycles. The number of hydrogen-bond donors (Lipinski definition) is 0. The highest BCUT2D eigenvalue weighted by Crippen LogP contribution is 2.29. The Bertz CT molecular complexity index is 2580. The van der Waals surface area contributed by atoms with Crippen molar-refractivity contribution in [3.05, 3.63) is 126 Å². The average Bonchev–Trinajstić information content (AvgIpc) is 3.91. The van der Waals surface area contributed by atoms with Crippen LogP contribution in [0.25, 0.3) is 0 Å². The normalized spacial score (nSPS) is 17.6. The highest BCUT2D eigenvalue weighted by atomic mass is 35.5. The van der Waals surface area contributed by atoms with E-state index in [9.17, 15) is 44.0 Å². The molecule has 344 valence electrons. The summed E-state index contributed by atoms with van der Waals surface area (Å²) in [5.74, 6) is -1.44. The first-order valence-electron chi connectivity index (χ1n) is 20.5. The molecule has 63 heavy (non-hydrogen) atoms. The number of rotatable bonds is 11. The third kappa shape index (κ3) is 12.9. The topological polar surface area (TPSA) is 157 Å². The van der Waals surface area contributed by atoms with Gasteiger partial charge in [-0.25, -0.2) is 43.0 Å². The number of aryl methyl sites for hydroxylation is 1. The summed E-state index contributed by atoms with van der Waals surface area (Å²) in [6.07, 6.45) is 10.3. The molecule has 0 saturated carbocycles. The summed E-state index contributed by atoms with van der Waals surface area (Å²) in [6, 6.07) is 8.24. The molecule has 5 heterocycles. The van der Waals surface area contributed by atoms with E-state index < -0.39 is 43.3 Å². The van der Waals surface area contributed by atoms with E-state index in [-0.39, 0.29) is 53.2 Å². The van der Waals surface area contributed by atoms with Crippen molar-refractivity contribution >= 4 is 31.6 Å². The van der Waals surface area contributed by atoms with Crippen molar-refractivity contribution < 1.29 is 52.7 Å². The minimum absolute atomic E-state index is 0.104. The van der Waals surface area contributed by atoms with Crippen LogP contribution in [0.1, 0.15) is 65.9 Å². The van der Waals surface area contributed by atoms with E-state index in [1.165, 1.54) is 51.8 Å². The standard InChI is InChI=1S/C21H24F2N2O5S.C13H18ClNO5S.C9H8F2/c1-31(27,28)25-6-4-14(5-7-25)12-30-20-13-29-16(8-19(20)26)10-24-9-15-2-3-18(22)21(23)17(15)11-24;1-21(17,18)15-4-2-10(3-5-15)8-20-13-9-19-11(7-14)6-12(13)16;10-8-5-4-6-2-1-3-7(6)9(8)11/h2-3,8,13-14H,4-7,9-12H2,1H3;6,9-10H,2-5,7-8H2,1H3;4-5H,1-3H2. The summed E-state index contributed by atoms with van der Waals surface area (Å²) in [6.45, 7) is 3.55. The second-order valence-electron chi connectivity index (χ2n) is 16.1. The van der Waals surface area contributed by atoms with E-state index in [0.717, 1.165) is 42.9 Å². The molecule has 0 amide bonds. The summed E-state index contributed by atoms with van der Waals surface area (Å²) < 4.78 is 124. The number of ether oxygens (including phenoxy) is 2. The Labute approximate surface area is 368 Å². The molecule has 2 aromatic heterocycles. The number of nitrogens with zero attached hydrogens (tertiary/aromatic N) is 3. The minimum atomic E-state index is -3.18. The molecular formula is C43H50ClF4N3O10S2. The number of benzene rings is 2. The molecule has 0 atom stereocenters. The van der Waals surface area contributed by atoms with Crippen molar-refractivity contribution in [3.63, 3.8) is 0 Å². The smallest absolute Gasteiger partial charge is 0.227 e. The highest BCUT2D eigenvalue weighted by molar-refractivity contribution is 7.88. The van der Waals surface area contributed by atoms with Gasteiger partial charge in [-0.3, -0.25) is 14.5 Å². The Kier molecular flexibility index (Phi) is 16.2. The Morgan fingerprint density at radius 1 is 0.667 bits per heavy atom. The molecule has 0 unspecified atom stereocenters. The Morgan fingerprint density at radius 3 is 1.63 bits per heavy atom. The van der Waals surface area contributed by atoms with Crippen molar-refractivity contribution in [1.29, 1.82) is 0 Å². The lowest BCUT2D eigenvalue weighted by molar-refractivity contribution is 0.180. The maximum atomic E-state index is 13.9. The van der Waals surface area contributed by atoms with Crippen LogP contribution in [0.4, 0.5) is 17.6 Å². The summed E-state index contributed by atoms with van der Waals surface area (Å²) in [7, 11) is -6.29. The van der Waals surface area contributed by atoms with Crippen LogP contribution in [-0.4, -0.2) is 82.3 Å². The van der Waals surface area contributed by atoms with Gasteiger partial charge in [0.1, 0.15) is 24.0 Å². The van der Waals surface area contributed by atoms with Crippen molar-refractivity contribution in [2.24, 2.45) is 11.8 Å². The summed E-state index contributed by atoms with van der Waals surface area (Å²) in [5.41, 5.74) is 2.05. The fourth-order valence-electron chi connectivity index (χ4n) is 7.87. The first-order valence-corrected chi connectivity index (χ1v) is 24.7. The summed E-state index contributed by atoms with van der Waals surface area (Å²) >= 11 is 5.57. The van der Waals surface area contributed by atoms with Gasteiger partial charge < -0.3 is 18.3 Å². The lowest BCUT2D eigenvalue weighted by Crippen LogP contribution is -2.39. The Balaban J connectivity index is 0.000000177. The average molecular weight is 944 g/mol. The Hall–Kier alpha value is -4.27. The molecule has 0 N–H and O–H groups in total. The van der Waals surface area contributed by atoms with Crippen molar-refractivity contribution in [2.45, 2.75) is 70.5 Å². The predicted molar refractivity (Wildman–Crippen MR) is 226 cm³/mol. The molecule has 0 radical (unpaired) electrons. The van der Waals surface area contributed by atoms with Gasteiger partial charge in [0.15, 0.2) is 23.3 Å². The van der Waals surface area contributed by atoms with Crippen LogP contribution in [0.3, 0.4) is 0 Å². The Morgan fingerprint density at radius 2 is 1.14 bits per heavy atom. The monoisotopic (exact) mass is 943 g/mol. The van der Waals surface area contributed by atoms with Crippen LogP contribution < -0.4 is 20.3 Å². The van der Waals surface area contributed by atoms with Crippen molar-refractivity contribution in [3.8, 4) is 11.5 Å². The molecule has 13 nitrogen and oxygen atoms in total. The maximum absolute atomic E-state index is 13.9. The summed E-state index contributed by atoms with van der Waals surface area (Å²) in [4.78, 5) is 26.0. The van der Waals surface area contributed by atoms with E-state index in [1.54, 1.807) is 12.1 Å². The highest BCUT2D eigenvalue weighted by Gasteiger charge is 2.28. The maximum Gasteiger partial charge on any atom is 0.227 e. The van der Waals surface area contributed by atoms with Gasteiger partial charge in [-0.05, 0) is 85.6 Å². The zero-order valence-corrected chi connectivity index (χ0v) is 37.3. The molecule has 2 fully saturated rings. The minimum Gasteiger partial charge on any atom is -0.486 e. The van der Waals surface area contributed by atoms with E-state index in [0.29, 0.717) is 87.8 Å². The van der Waals surface area contributed by atoms with Crippen molar-refractivity contribution in [1.82, 2.24) is 13.5 Å². The lowest BCUT2D eigenvalue weighted by Gasteiger charge is -2.29. The fourth-order valence-corrected chi connectivity index (χ4v) is 9.76. The molecule has 1 aliphatic carbocycles. The van der Waals surface area contributed by atoms with Gasteiger partial charge in [0.25, 0.3) is 0 Å². The molecule has 0 bridgehead atoms. The zero-order chi connectivity index (χ0) is 45.5. The van der Waals surface area contributed by atoms with Gasteiger partial charge in [0.05, 0.1) is 38.2 Å². The number of halogens is 5. The number of hydrogen-bond acceptors (Lipinski definition) is 11. The molecular weight excluding hydrogens is 894 g/mol. The van der Waals surface area contributed by atoms with E-state index in [1.807, 2.05) is 4.90 Å². The van der Waals surface area contributed by atoms with Crippen molar-refractivity contribution in [2.75, 3.05) is 51.9 Å².